The van der Waals surface area contributed by atoms with Crippen LogP contribution in [0.2, 0.25) is 0 Å². The van der Waals surface area contributed by atoms with Gasteiger partial charge in [-0.25, -0.2) is 0 Å². The van der Waals surface area contributed by atoms with E-state index in [1.807, 2.05) is 0 Å². The minimum Gasteiger partial charge on any atom is -0.0882 e. The maximum Gasteiger partial charge on any atom is -0.0200 e. The highest BCUT2D eigenvalue weighted by Crippen LogP contribution is 2.39. The van der Waals surface area contributed by atoms with Gasteiger partial charge >= 0.3 is 0 Å². The van der Waals surface area contributed by atoms with Gasteiger partial charge in [-0.05, 0) is 37.0 Å². The van der Waals surface area contributed by atoms with Gasteiger partial charge in [0.2, 0.25) is 0 Å². The third kappa shape index (κ3) is 1.57. The van der Waals surface area contributed by atoms with Gasteiger partial charge in [0.15, 0.2) is 0 Å². The highest BCUT2D eigenvalue weighted by molar-refractivity contribution is 5.00. The second kappa shape index (κ2) is 3.64. The molecule has 3 atom stereocenters. The van der Waals surface area contributed by atoms with E-state index in [-0.39, 0.29) is 0 Å². The Hall–Kier alpha value is -0.260. The van der Waals surface area contributed by atoms with Crippen molar-refractivity contribution in [1.29, 1.82) is 0 Å². The molecule has 0 aromatic carbocycles. The normalized spacial score (nSPS) is 41.9. The van der Waals surface area contributed by atoms with E-state index in [4.69, 9.17) is 0 Å². The van der Waals surface area contributed by atoms with Crippen LogP contribution >= 0.6 is 0 Å². The van der Waals surface area contributed by atoms with Crippen LogP contribution in [0.1, 0.15) is 45.4 Å². The Morgan fingerprint density at radius 2 is 1.92 bits per heavy atom. The SMILES string of the molecule is CC1CCCCC1[C@@H]1C=CCC1. The van der Waals surface area contributed by atoms with Crippen molar-refractivity contribution in [3.63, 3.8) is 0 Å². The molecule has 1 fully saturated rings. The molecule has 0 saturated heterocycles. The van der Waals surface area contributed by atoms with Gasteiger partial charge < -0.3 is 0 Å². The molecule has 2 aliphatic carbocycles. The predicted molar refractivity (Wildman–Crippen MR) is 53.0 cm³/mol. The molecule has 0 amide bonds. The summed E-state index contributed by atoms with van der Waals surface area (Å²) in [5.74, 6) is 2.96. The molecule has 0 nitrogen and oxygen atoms in total. The zero-order chi connectivity index (χ0) is 8.39. The standard InChI is InChI=1S/C12H20/c1-10-6-2-5-9-12(10)11-7-3-4-8-11/h3,7,10-12H,2,4-6,8-9H2,1H3/t10?,11-,12?/m1/s1. The fraction of sp³-hybridized carbons (Fsp3) is 0.833. The van der Waals surface area contributed by atoms with Crippen LogP contribution in [0.3, 0.4) is 0 Å². The van der Waals surface area contributed by atoms with Crippen molar-refractivity contribution in [2.75, 3.05) is 0 Å². The highest BCUT2D eigenvalue weighted by atomic mass is 14.3. The average Bonchev–Trinajstić information content (AvgIpc) is 2.57. The van der Waals surface area contributed by atoms with Crippen LogP contribution in [0.5, 0.6) is 0 Å². The van der Waals surface area contributed by atoms with Gasteiger partial charge in [-0.15, -0.1) is 0 Å². The number of hydrogen-bond donors (Lipinski definition) is 0. The van der Waals surface area contributed by atoms with Crippen LogP contribution in [0.15, 0.2) is 12.2 Å². The number of allylic oxidation sites excluding steroid dienone is 2. The quantitative estimate of drug-likeness (QED) is 0.517. The largest absolute Gasteiger partial charge is 0.0882 e. The van der Waals surface area contributed by atoms with E-state index in [2.05, 4.69) is 19.1 Å². The zero-order valence-corrected chi connectivity index (χ0v) is 8.13. The van der Waals surface area contributed by atoms with Crippen LogP contribution < -0.4 is 0 Å². The van der Waals surface area contributed by atoms with Crippen molar-refractivity contribution in [2.45, 2.75) is 45.4 Å². The molecule has 0 aromatic rings. The van der Waals surface area contributed by atoms with E-state index in [0.29, 0.717) is 0 Å². The maximum absolute atomic E-state index is 2.48. The van der Waals surface area contributed by atoms with E-state index < -0.39 is 0 Å². The summed E-state index contributed by atoms with van der Waals surface area (Å²) < 4.78 is 0. The van der Waals surface area contributed by atoms with Gasteiger partial charge in [-0.2, -0.15) is 0 Å². The number of rotatable bonds is 1. The van der Waals surface area contributed by atoms with Gasteiger partial charge in [0.25, 0.3) is 0 Å². The minimum absolute atomic E-state index is 0.945. The molecule has 2 aliphatic rings. The van der Waals surface area contributed by atoms with E-state index in [9.17, 15) is 0 Å². The lowest BCUT2D eigenvalue weighted by atomic mass is 9.73. The lowest BCUT2D eigenvalue weighted by molar-refractivity contribution is 0.200. The number of hydrogen-bond acceptors (Lipinski definition) is 0. The molecule has 2 rings (SSSR count). The van der Waals surface area contributed by atoms with Gasteiger partial charge in [0.1, 0.15) is 0 Å². The summed E-state index contributed by atoms with van der Waals surface area (Å²) in [6, 6.07) is 0. The molecule has 0 bridgehead atoms. The fourth-order valence-corrected chi connectivity index (χ4v) is 2.99. The van der Waals surface area contributed by atoms with Crippen molar-refractivity contribution < 1.29 is 0 Å². The van der Waals surface area contributed by atoms with Crippen molar-refractivity contribution >= 4 is 0 Å². The van der Waals surface area contributed by atoms with Gasteiger partial charge in [0, 0.05) is 0 Å². The van der Waals surface area contributed by atoms with E-state index in [0.717, 1.165) is 17.8 Å². The van der Waals surface area contributed by atoms with Crippen molar-refractivity contribution in [2.24, 2.45) is 17.8 Å². The molecule has 0 spiro atoms. The molecule has 1 saturated carbocycles. The maximum atomic E-state index is 2.48. The first-order valence-electron chi connectivity index (χ1n) is 5.54. The van der Waals surface area contributed by atoms with Crippen LogP contribution in [-0.2, 0) is 0 Å². The molecule has 0 aromatic heterocycles. The first-order valence-corrected chi connectivity index (χ1v) is 5.54. The summed E-state index contributed by atoms with van der Waals surface area (Å²) in [7, 11) is 0. The van der Waals surface area contributed by atoms with E-state index >= 15 is 0 Å². The lowest BCUT2D eigenvalue weighted by Crippen LogP contribution is -2.22. The topological polar surface area (TPSA) is 0 Å². The van der Waals surface area contributed by atoms with Crippen molar-refractivity contribution in [3.05, 3.63) is 12.2 Å². The molecule has 0 heterocycles. The smallest absolute Gasteiger partial charge is 0.0200 e. The van der Waals surface area contributed by atoms with Crippen LogP contribution in [0, 0.1) is 17.8 Å². The van der Waals surface area contributed by atoms with Crippen LogP contribution in [0.4, 0.5) is 0 Å². The first kappa shape index (κ1) is 8.34. The predicted octanol–water partition coefficient (Wildman–Crippen LogP) is 3.78. The molecule has 12 heavy (non-hydrogen) atoms. The third-order valence-corrected chi connectivity index (χ3v) is 3.78. The Morgan fingerprint density at radius 1 is 1.08 bits per heavy atom. The second-order valence-corrected chi connectivity index (χ2v) is 4.59. The summed E-state index contributed by atoms with van der Waals surface area (Å²) in [5.41, 5.74) is 0. The summed E-state index contributed by atoms with van der Waals surface area (Å²) >= 11 is 0. The van der Waals surface area contributed by atoms with Gasteiger partial charge in [-0.1, -0.05) is 38.3 Å². The third-order valence-electron chi connectivity index (χ3n) is 3.78. The molecular weight excluding hydrogens is 144 g/mol. The Kier molecular flexibility index (Phi) is 2.53. The highest BCUT2D eigenvalue weighted by Gasteiger charge is 2.28. The van der Waals surface area contributed by atoms with Gasteiger partial charge in [0.05, 0.1) is 0 Å². The molecular formula is C12H20. The first-order chi connectivity index (χ1) is 5.88. The molecule has 68 valence electrons. The average molecular weight is 164 g/mol. The Labute approximate surface area is 76.1 Å². The summed E-state index contributed by atoms with van der Waals surface area (Å²) in [6.07, 6.45) is 13.6. The van der Waals surface area contributed by atoms with Crippen LogP contribution in [0.25, 0.3) is 0 Å². The minimum atomic E-state index is 0.945. The molecule has 0 N–H and O–H groups in total. The Bertz CT molecular complexity index is 169. The summed E-state index contributed by atoms with van der Waals surface area (Å²) in [5, 5.41) is 0. The monoisotopic (exact) mass is 164 g/mol. The summed E-state index contributed by atoms with van der Waals surface area (Å²) in [4.78, 5) is 0. The molecule has 0 aliphatic heterocycles. The Balaban J connectivity index is 1.95. The molecule has 0 heteroatoms. The Morgan fingerprint density at radius 3 is 2.58 bits per heavy atom. The zero-order valence-electron chi connectivity index (χ0n) is 8.13. The van der Waals surface area contributed by atoms with E-state index in [1.54, 1.807) is 0 Å². The van der Waals surface area contributed by atoms with Gasteiger partial charge in [-0.3, -0.25) is 0 Å². The fourth-order valence-electron chi connectivity index (χ4n) is 2.99. The summed E-state index contributed by atoms with van der Waals surface area (Å²) in [6.45, 7) is 2.45. The van der Waals surface area contributed by atoms with Crippen molar-refractivity contribution in [3.8, 4) is 0 Å². The second-order valence-electron chi connectivity index (χ2n) is 4.59. The van der Waals surface area contributed by atoms with Crippen LogP contribution in [-0.4, -0.2) is 0 Å². The van der Waals surface area contributed by atoms with E-state index in [1.165, 1.54) is 38.5 Å². The molecule has 0 radical (unpaired) electrons. The molecule has 2 unspecified atom stereocenters. The van der Waals surface area contributed by atoms with Crippen molar-refractivity contribution in [1.82, 2.24) is 0 Å². The lowest BCUT2D eigenvalue weighted by Gasteiger charge is -2.32.